The van der Waals surface area contributed by atoms with Gasteiger partial charge in [0.1, 0.15) is 18.2 Å². The number of ether oxygens (including phenoxy) is 2. The Morgan fingerprint density at radius 3 is 2.26 bits per heavy atom. The number of fused-ring (bicyclic) bond motifs is 3. The predicted molar refractivity (Wildman–Crippen MR) is 188 cm³/mol. The van der Waals surface area contributed by atoms with Crippen LogP contribution in [0.25, 0.3) is 0 Å². The molecule has 7 rings (SSSR count). The largest absolute Gasteiger partial charge is 0.446 e. The first-order valence-corrected chi connectivity index (χ1v) is 20.4. The summed E-state index contributed by atoms with van der Waals surface area (Å²) in [6, 6.07) is 5.41. The lowest BCUT2D eigenvalue weighted by atomic mass is 9.91. The monoisotopic (exact) mass is 775 g/mol. The standard InChI is InChI=1S/C37H47F2N5O9S/c38-37(39)22-43(23-37)54(50,51)41-33(47)36-17-26(36)12-4-2-1-3-5-15-29(40-34(48)52-27-13-8-9-14-27)32(46)44-21-28(16-30(44)31(45)18-36)53-35(49)42-19-24-10-6-7-11-25(24)20-42/h4,6-7,10-12,26-30H,1-3,5,8-9,13-23H2,(H,40,48)(H,41,47)/b12-4-/t26-,28-,29+,30?,36-/m1/s1. The van der Waals surface area contributed by atoms with Crippen molar-refractivity contribution < 1.29 is 50.6 Å². The first-order valence-electron chi connectivity index (χ1n) is 18.9. The third kappa shape index (κ3) is 8.26. The summed E-state index contributed by atoms with van der Waals surface area (Å²) in [6.07, 6.45) is 7.09. The molecule has 4 aliphatic heterocycles. The van der Waals surface area contributed by atoms with E-state index in [9.17, 15) is 41.2 Å². The summed E-state index contributed by atoms with van der Waals surface area (Å²) in [5.41, 5.74) is 0.472. The van der Waals surface area contributed by atoms with E-state index in [0.29, 0.717) is 36.7 Å². The summed E-state index contributed by atoms with van der Waals surface area (Å²) in [4.78, 5) is 71.7. The summed E-state index contributed by atoms with van der Waals surface area (Å²) >= 11 is 0. The number of ketones is 1. The second-order valence-electron chi connectivity index (χ2n) is 15.6. The van der Waals surface area contributed by atoms with Gasteiger partial charge in [-0.25, -0.2) is 23.1 Å². The van der Waals surface area contributed by atoms with Gasteiger partial charge in [-0.1, -0.05) is 49.3 Å². The van der Waals surface area contributed by atoms with E-state index in [1.165, 1.54) is 9.80 Å². The van der Waals surface area contributed by atoms with Crippen LogP contribution in [0.15, 0.2) is 36.4 Å². The van der Waals surface area contributed by atoms with Crippen molar-refractivity contribution in [1.82, 2.24) is 24.1 Å². The van der Waals surface area contributed by atoms with E-state index < -0.39 is 94.9 Å². The van der Waals surface area contributed by atoms with Gasteiger partial charge in [0.2, 0.25) is 11.8 Å². The summed E-state index contributed by atoms with van der Waals surface area (Å²) in [6.45, 7) is -1.58. The molecule has 4 amide bonds. The van der Waals surface area contributed by atoms with Crippen molar-refractivity contribution in [3.05, 3.63) is 47.5 Å². The van der Waals surface area contributed by atoms with Crippen LogP contribution in [-0.2, 0) is 47.2 Å². The Hall–Kier alpha value is -4.12. The Morgan fingerprint density at radius 1 is 0.889 bits per heavy atom. The van der Waals surface area contributed by atoms with E-state index >= 15 is 0 Å². The van der Waals surface area contributed by atoms with Gasteiger partial charge >= 0.3 is 22.4 Å². The highest BCUT2D eigenvalue weighted by molar-refractivity contribution is 7.87. The minimum atomic E-state index is -4.60. The Balaban J connectivity index is 1.12. The van der Waals surface area contributed by atoms with Gasteiger partial charge in [0.15, 0.2) is 5.78 Å². The first-order chi connectivity index (χ1) is 25.7. The lowest BCUT2D eigenvalue weighted by Gasteiger charge is -2.37. The number of amides is 4. The van der Waals surface area contributed by atoms with Crippen LogP contribution in [0.4, 0.5) is 18.4 Å². The average Bonchev–Trinajstić information content (AvgIpc) is 3.52. The summed E-state index contributed by atoms with van der Waals surface area (Å²) < 4.78 is 66.7. The highest BCUT2D eigenvalue weighted by Gasteiger charge is 2.62. The maximum Gasteiger partial charge on any atom is 0.410 e. The number of benzene rings is 1. The van der Waals surface area contributed by atoms with E-state index in [-0.39, 0.29) is 31.9 Å². The number of carbonyl (C=O) groups is 5. The summed E-state index contributed by atoms with van der Waals surface area (Å²) in [5.74, 6) is -5.78. The minimum absolute atomic E-state index is 0.0737. The molecule has 6 aliphatic rings. The number of nitrogens with one attached hydrogen (secondary N) is 2. The van der Waals surface area contributed by atoms with E-state index in [1.807, 2.05) is 35.1 Å². The van der Waals surface area contributed by atoms with E-state index in [1.54, 1.807) is 6.08 Å². The maximum absolute atomic E-state index is 14.4. The van der Waals surface area contributed by atoms with Crippen LogP contribution >= 0.6 is 0 Å². The molecule has 1 aromatic carbocycles. The van der Waals surface area contributed by atoms with Gasteiger partial charge in [-0.15, -0.1) is 0 Å². The smallest absolute Gasteiger partial charge is 0.410 e. The van der Waals surface area contributed by atoms with E-state index in [2.05, 4.69) is 5.32 Å². The number of alkyl carbamates (subject to hydrolysis) is 1. The molecule has 54 heavy (non-hydrogen) atoms. The third-order valence-electron chi connectivity index (χ3n) is 11.6. The molecule has 2 N–H and O–H groups in total. The molecule has 4 heterocycles. The first kappa shape index (κ1) is 38.2. The SMILES string of the molecule is O=C(N[C@H]1CCCCC/C=C\[C@@H]2C[C@@]2(C(=O)NS(=O)(=O)N2CC(F)(F)C2)CC(=O)C2C[C@@H](OC(=O)N3Cc4ccccc4C3)CN2C1=O)OC1CCCC1. The minimum Gasteiger partial charge on any atom is -0.446 e. The van der Waals surface area contributed by atoms with Crippen molar-refractivity contribution in [2.24, 2.45) is 11.3 Å². The fourth-order valence-electron chi connectivity index (χ4n) is 8.43. The molecule has 1 unspecified atom stereocenters. The number of hydrogen-bond acceptors (Lipinski definition) is 9. The number of carbonyl (C=O) groups excluding carboxylic acids is 5. The highest BCUT2D eigenvalue weighted by atomic mass is 32.2. The maximum atomic E-state index is 14.4. The van der Waals surface area contributed by atoms with Gasteiger partial charge in [0, 0.05) is 25.9 Å². The van der Waals surface area contributed by atoms with Crippen LogP contribution in [0.5, 0.6) is 0 Å². The number of nitrogens with zero attached hydrogens (tertiary/aromatic N) is 3. The van der Waals surface area contributed by atoms with Gasteiger partial charge in [0.05, 0.1) is 31.1 Å². The van der Waals surface area contributed by atoms with Crippen molar-refractivity contribution in [2.45, 2.75) is 120 Å². The van der Waals surface area contributed by atoms with E-state index in [0.717, 1.165) is 43.2 Å². The molecule has 14 nitrogen and oxygen atoms in total. The summed E-state index contributed by atoms with van der Waals surface area (Å²) in [5, 5.41) is 2.74. The molecule has 0 spiro atoms. The van der Waals surface area contributed by atoms with Crippen molar-refractivity contribution in [1.29, 1.82) is 0 Å². The van der Waals surface area contributed by atoms with Crippen LogP contribution in [0, 0.1) is 11.3 Å². The Bertz CT molecular complexity index is 1770. The average molecular weight is 776 g/mol. The van der Waals surface area contributed by atoms with Gasteiger partial charge in [0.25, 0.3) is 5.92 Å². The Kier molecular flexibility index (Phi) is 10.7. The molecule has 2 aliphatic carbocycles. The number of Topliss-reactive ketones (excluding diaryl/α,β-unsaturated/α-hetero) is 1. The highest BCUT2D eigenvalue weighted by Crippen LogP contribution is 2.57. The second-order valence-corrected chi connectivity index (χ2v) is 17.3. The zero-order valence-corrected chi connectivity index (χ0v) is 30.9. The molecule has 5 atom stereocenters. The predicted octanol–water partition coefficient (Wildman–Crippen LogP) is 3.94. The third-order valence-corrected chi connectivity index (χ3v) is 13.0. The number of alkyl halides is 2. The molecule has 17 heteroatoms. The van der Waals surface area contributed by atoms with Crippen LogP contribution in [0.2, 0.25) is 0 Å². The van der Waals surface area contributed by atoms with Gasteiger partial charge in [-0.2, -0.15) is 12.7 Å². The molecule has 4 fully saturated rings. The zero-order valence-electron chi connectivity index (χ0n) is 30.1. The lowest BCUT2D eigenvalue weighted by molar-refractivity contribution is -0.140. The molecule has 1 aromatic rings. The fraction of sp³-hybridized carbons (Fsp3) is 0.649. The van der Waals surface area contributed by atoms with Crippen LogP contribution < -0.4 is 10.0 Å². The molecule has 294 valence electrons. The number of allylic oxidation sites excluding steroid dienone is 2. The van der Waals surface area contributed by atoms with Crippen molar-refractivity contribution in [2.75, 3.05) is 19.6 Å². The van der Waals surface area contributed by atoms with Crippen molar-refractivity contribution >= 4 is 40.0 Å². The van der Waals surface area contributed by atoms with Gasteiger partial charge in [-0.3, -0.25) is 19.3 Å². The fourth-order valence-corrected chi connectivity index (χ4v) is 9.72. The van der Waals surface area contributed by atoms with Gasteiger partial charge < -0.3 is 19.7 Å². The lowest BCUT2D eigenvalue weighted by Crippen LogP contribution is -2.62. The van der Waals surface area contributed by atoms with Crippen LogP contribution in [0.1, 0.15) is 88.2 Å². The van der Waals surface area contributed by atoms with Crippen molar-refractivity contribution in [3.8, 4) is 0 Å². The van der Waals surface area contributed by atoms with Crippen molar-refractivity contribution in [3.63, 3.8) is 0 Å². The second kappa shape index (κ2) is 15.2. The Labute approximate surface area is 313 Å². The Morgan fingerprint density at radius 2 is 1.57 bits per heavy atom. The number of halogens is 2. The van der Waals surface area contributed by atoms with E-state index in [4.69, 9.17) is 9.47 Å². The molecule has 0 radical (unpaired) electrons. The zero-order chi connectivity index (χ0) is 38.3. The molecule has 0 aromatic heterocycles. The van der Waals surface area contributed by atoms with Crippen LogP contribution in [-0.4, -0.2) is 102 Å². The van der Waals surface area contributed by atoms with Gasteiger partial charge in [-0.05, 0) is 68.4 Å². The quantitative estimate of drug-likeness (QED) is 0.406. The topological polar surface area (TPSA) is 172 Å². The normalized spacial score (nSPS) is 30.9. The molecule has 2 saturated heterocycles. The number of hydrogen-bond donors (Lipinski definition) is 2. The molecule has 2 saturated carbocycles. The number of rotatable bonds is 6. The van der Waals surface area contributed by atoms with Crippen LogP contribution in [0.3, 0.4) is 0 Å². The molecule has 0 bridgehead atoms. The molecular formula is C37H47F2N5O9S. The molecular weight excluding hydrogens is 728 g/mol. The summed E-state index contributed by atoms with van der Waals surface area (Å²) in [7, 11) is -4.60.